The number of ketones is 2. The lowest BCUT2D eigenvalue weighted by molar-refractivity contribution is 0.0911. The van der Waals surface area contributed by atoms with E-state index in [2.05, 4.69) is 30.9 Å². The zero-order valence-electron chi connectivity index (χ0n) is 10.8. The highest BCUT2D eigenvalue weighted by Crippen LogP contribution is 2.30. The molecule has 0 atom stereocenters. The molecule has 2 heterocycles. The number of hydrogen-bond acceptors (Lipinski definition) is 6. The molecular formula is C14H8BrN3O3. The number of nitrogens with zero attached hydrogens (tertiary/aromatic N) is 3. The first-order chi connectivity index (χ1) is 10.1. The van der Waals surface area contributed by atoms with Crippen molar-refractivity contribution in [3.63, 3.8) is 0 Å². The quantitative estimate of drug-likeness (QED) is 0.829. The van der Waals surface area contributed by atoms with E-state index in [1.54, 1.807) is 24.5 Å². The lowest BCUT2D eigenvalue weighted by atomic mass is 9.97. The number of hydrogen-bond donors (Lipinski definition) is 0. The normalized spacial score (nSPS) is 14.2. The Morgan fingerprint density at radius 2 is 1.81 bits per heavy atom. The van der Waals surface area contributed by atoms with Gasteiger partial charge in [0.15, 0.2) is 5.76 Å². The standard InChI is InChI=1S/C14H8BrN3O3/c1-21-14-10(15)13(20)11-8(12(14)19)2-3-9(18-11)7-4-16-6-17-5-7/h2-6H,1H3. The number of Topliss-reactive ketones (excluding diaryl/α,β-unsaturated/α-hetero) is 2. The van der Waals surface area contributed by atoms with Crippen molar-refractivity contribution in [3.8, 4) is 11.3 Å². The monoisotopic (exact) mass is 345 g/mol. The highest BCUT2D eigenvalue weighted by atomic mass is 79.9. The van der Waals surface area contributed by atoms with E-state index in [1.807, 2.05) is 0 Å². The minimum absolute atomic E-state index is 0.00917. The predicted molar refractivity (Wildman–Crippen MR) is 76.9 cm³/mol. The van der Waals surface area contributed by atoms with Gasteiger partial charge < -0.3 is 4.74 Å². The van der Waals surface area contributed by atoms with E-state index in [0.29, 0.717) is 11.3 Å². The molecule has 1 aliphatic rings. The minimum Gasteiger partial charge on any atom is -0.491 e. The Labute approximate surface area is 128 Å². The Kier molecular flexibility index (Phi) is 3.34. The number of halogens is 1. The maximum absolute atomic E-state index is 12.3. The van der Waals surface area contributed by atoms with E-state index in [9.17, 15) is 9.59 Å². The van der Waals surface area contributed by atoms with Crippen molar-refractivity contribution in [1.82, 2.24) is 15.0 Å². The van der Waals surface area contributed by atoms with E-state index in [4.69, 9.17) is 4.74 Å². The summed E-state index contributed by atoms with van der Waals surface area (Å²) < 4.78 is 5.05. The van der Waals surface area contributed by atoms with Gasteiger partial charge in [0, 0.05) is 18.0 Å². The SMILES string of the molecule is COC1=C(Br)C(=O)c2nc(-c3cncnc3)ccc2C1=O. The zero-order chi connectivity index (χ0) is 15.0. The number of allylic oxidation sites excluding steroid dienone is 2. The van der Waals surface area contributed by atoms with Crippen molar-refractivity contribution in [2.24, 2.45) is 0 Å². The second kappa shape index (κ2) is 5.17. The molecule has 6 nitrogen and oxygen atoms in total. The highest BCUT2D eigenvalue weighted by Gasteiger charge is 2.33. The molecule has 0 aliphatic heterocycles. The van der Waals surface area contributed by atoms with Crippen molar-refractivity contribution >= 4 is 27.5 Å². The lowest BCUT2D eigenvalue weighted by Gasteiger charge is -2.16. The molecule has 0 bridgehead atoms. The van der Waals surface area contributed by atoms with E-state index in [-0.39, 0.29) is 33.1 Å². The second-order valence-electron chi connectivity index (χ2n) is 4.23. The van der Waals surface area contributed by atoms with E-state index in [0.717, 1.165) is 0 Å². The first-order valence-corrected chi connectivity index (χ1v) is 6.72. The maximum atomic E-state index is 12.3. The molecule has 0 fully saturated rings. The van der Waals surface area contributed by atoms with Crippen LogP contribution in [0.3, 0.4) is 0 Å². The van der Waals surface area contributed by atoms with Crippen molar-refractivity contribution in [1.29, 1.82) is 0 Å². The number of fused-ring (bicyclic) bond motifs is 1. The fourth-order valence-corrected chi connectivity index (χ4v) is 2.55. The number of ether oxygens (including phenoxy) is 1. The Hall–Kier alpha value is -2.41. The third-order valence-electron chi connectivity index (χ3n) is 3.02. The van der Waals surface area contributed by atoms with Crippen LogP contribution >= 0.6 is 15.9 Å². The smallest absolute Gasteiger partial charge is 0.231 e. The zero-order valence-corrected chi connectivity index (χ0v) is 12.4. The van der Waals surface area contributed by atoms with Crippen LogP contribution in [0.2, 0.25) is 0 Å². The molecule has 0 saturated carbocycles. The van der Waals surface area contributed by atoms with Crippen LogP contribution in [-0.2, 0) is 4.74 Å². The van der Waals surface area contributed by atoms with Crippen molar-refractivity contribution in [3.05, 3.63) is 52.4 Å². The van der Waals surface area contributed by atoms with Crippen LogP contribution in [0.5, 0.6) is 0 Å². The van der Waals surface area contributed by atoms with E-state index < -0.39 is 0 Å². The fourth-order valence-electron chi connectivity index (χ4n) is 2.02. The van der Waals surface area contributed by atoms with Crippen LogP contribution in [0.25, 0.3) is 11.3 Å². The number of carbonyl (C=O) groups is 2. The Balaban J connectivity index is 2.15. The van der Waals surface area contributed by atoms with Crippen molar-refractivity contribution < 1.29 is 14.3 Å². The van der Waals surface area contributed by atoms with Crippen LogP contribution in [-0.4, -0.2) is 33.6 Å². The van der Waals surface area contributed by atoms with Gasteiger partial charge in [-0.3, -0.25) is 9.59 Å². The van der Waals surface area contributed by atoms with Crippen LogP contribution < -0.4 is 0 Å². The summed E-state index contributed by atoms with van der Waals surface area (Å²) in [5, 5.41) is 0. The first kappa shape index (κ1) is 13.6. The largest absolute Gasteiger partial charge is 0.491 e. The highest BCUT2D eigenvalue weighted by molar-refractivity contribution is 9.12. The molecule has 104 valence electrons. The molecule has 0 amide bonds. The van der Waals surface area contributed by atoms with Gasteiger partial charge in [-0.2, -0.15) is 0 Å². The van der Waals surface area contributed by atoms with Crippen LogP contribution in [0.4, 0.5) is 0 Å². The van der Waals surface area contributed by atoms with Gasteiger partial charge in [0.2, 0.25) is 11.6 Å². The number of pyridine rings is 1. The molecule has 0 saturated heterocycles. The van der Waals surface area contributed by atoms with Crippen LogP contribution in [0.1, 0.15) is 20.8 Å². The Bertz CT molecular complexity index is 787. The van der Waals surface area contributed by atoms with Gasteiger partial charge in [-0.05, 0) is 28.1 Å². The molecule has 3 rings (SSSR count). The van der Waals surface area contributed by atoms with Gasteiger partial charge in [-0.15, -0.1) is 0 Å². The number of carbonyl (C=O) groups excluding carboxylic acids is 2. The number of rotatable bonds is 2. The van der Waals surface area contributed by atoms with Gasteiger partial charge in [0.05, 0.1) is 18.4 Å². The van der Waals surface area contributed by atoms with Crippen molar-refractivity contribution in [2.75, 3.05) is 7.11 Å². The average Bonchev–Trinajstić information content (AvgIpc) is 2.54. The minimum atomic E-state index is -0.389. The molecule has 1 aliphatic carbocycles. The Morgan fingerprint density at radius 3 is 2.48 bits per heavy atom. The molecule has 2 aromatic rings. The number of aromatic nitrogens is 3. The molecule has 2 aromatic heterocycles. The number of methoxy groups -OCH3 is 1. The van der Waals surface area contributed by atoms with Crippen molar-refractivity contribution in [2.45, 2.75) is 0 Å². The van der Waals surface area contributed by atoms with Gasteiger partial charge in [-0.25, -0.2) is 15.0 Å². The second-order valence-corrected chi connectivity index (χ2v) is 5.02. The molecular weight excluding hydrogens is 338 g/mol. The topological polar surface area (TPSA) is 82.0 Å². The summed E-state index contributed by atoms with van der Waals surface area (Å²) in [6.45, 7) is 0. The molecule has 0 aromatic carbocycles. The fraction of sp³-hybridized carbons (Fsp3) is 0.0714. The van der Waals surface area contributed by atoms with Crippen LogP contribution in [0, 0.1) is 0 Å². The summed E-state index contributed by atoms with van der Waals surface area (Å²) in [6, 6.07) is 3.21. The van der Waals surface area contributed by atoms with Gasteiger partial charge in [0.25, 0.3) is 0 Å². The van der Waals surface area contributed by atoms with E-state index in [1.165, 1.54) is 13.4 Å². The molecule has 21 heavy (non-hydrogen) atoms. The Morgan fingerprint density at radius 1 is 1.10 bits per heavy atom. The lowest BCUT2D eigenvalue weighted by Crippen LogP contribution is -2.22. The summed E-state index contributed by atoms with van der Waals surface area (Å²) >= 11 is 3.09. The van der Waals surface area contributed by atoms with Gasteiger partial charge in [-0.1, -0.05) is 0 Å². The molecule has 0 N–H and O–H groups in total. The van der Waals surface area contributed by atoms with Gasteiger partial charge in [0.1, 0.15) is 16.5 Å². The molecule has 0 unspecified atom stereocenters. The summed E-state index contributed by atoms with van der Waals surface area (Å²) in [5.41, 5.74) is 1.50. The summed E-state index contributed by atoms with van der Waals surface area (Å²) in [7, 11) is 1.34. The maximum Gasteiger partial charge on any atom is 0.231 e. The molecule has 0 radical (unpaired) electrons. The third-order valence-corrected chi connectivity index (χ3v) is 3.74. The summed E-state index contributed by atoms with van der Waals surface area (Å²) in [5.74, 6) is -0.771. The average molecular weight is 346 g/mol. The van der Waals surface area contributed by atoms with Gasteiger partial charge >= 0.3 is 0 Å². The summed E-state index contributed by atoms with van der Waals surface area (Å²) in [4.78, 5) is 36.6. The first-order valence-electron chi connectivity index (χ1n) is 5.93. The third kappa shape index (κ3) is 2.15. The molecule has 7 heteroatoms. The van der Waals surface area contributed by atoms with E-state index >= 15 is 0 Å². The van der Waals surface area contributed by atoms with Crippen LogP contribution in [0.15, 0.2) is 41.1 Å². The summed E-state index contributed by atoms with van der Waals surface area (Å²) in [6.07, 6.45) is 4.57. The predicted octanol–water partition coefficient (Wildman–Crippen LogP) is 2.17. The molecule has 0 spiro atoms.